The highest BCUT2D eigenvalue weighted by atomic mass is 19.4. The molecule has 0 aliphatic heterocycles. The lowest BCUT2D eigenvalue weighted by molar-refractivity contribution is -0.177. The Kier molecular flexibility index (Phi) is 2.88. The van der Waals surface area contributed by atoms with E-state index in [1.54, 1.807) is 11.7 Å². The molecular weight excluding hydrogens is 269 g/mol. The Bertz CT molecular complexity index is 639. The molecule has 2 aromatic rings. The summed E-state index contributed by atoms with van der Waals surface area (Å²) in [4.78, 5) is 7.48. The maximum absolute atomic E-state index is 12.8. The van der Waals surface area contributed by atoms with E-state index >= 15 is 0 Å². The molecule has 1 aliphatic rings. The number of H-pyrrole nitrogens is 1. The average molecular weight is 284 g/mol. The number of hydrogen-bond donors (Lipinski definition) is 1. The van der Waals surface area contributed by atoms with E-state index in [9.17, 15) is 13.2 Å². The van der Waals surface area contributed by atoms with Gasteiger partial charge in [0.2, 0.25) is 0 Å². The van der Waals surface area contributed by atoms with Gasteiger partial charge in [0.25, 0.3) is 0 Å². The van der Waals surface area contributed by atoms with Crippen molar-refractivity contribution in [2.45, 2.75) is 32.4 Å². The smallest absolute Gasteiger partial charge is 0.341 e. The summed E-state index contributed by atoms with van der Waals surface area (Å²) in [5.41, 5.74) is 3.01. The van der Waals surface area contributed by atoms with Crippen LogP contribution in [0, 0.1) is 12.8 Å². The van der Waals surface area contributed by atoms with Crippen LogP contribution in [0.4, 0.5) is 13.2 Å². The molecule has 7 heteroatoms. The van der Waals surface area contributed by atoms with Crippen LogP contribution in [0.2, 0.25) is 0 Å². The van der Waals surface area contributed by atoms with Gasteiger partial charge in [-0.3, -0.25) is 4.68 Å². The number of aryl methyl sites for hydroxylation is 3. The number of fused-ring (bicyclic) bond motifs is 1. The fourth-order valence-electron chi connectivity index (χ4n) is 2.72. The Morgan fingerprint density at radius 3 is 2.75 bits per heavy atom. The second kappa shape index (κ2) is 4.36. The van der Waals surface area contributed by atoms with Crippen molar-refractivity contribution in [1.82, 2.24) is 19.7 Å². The molecule has 0 saturated heterocycles. The normalized spacial score (nSPS) is 19.1. The average Bonchev–Trinajstić information content (AvgIpc) is 2.89. The summed E-state index contributed by atoms with van der Waals surface area (Å²) in [6, 6.07) is 0. The van der Waals surface area contributed by atoms with Crippen molar-refractivity contribution >= 4 is 0 Å². The van der Waals surface area contributed by atoms with E-state index in [4.69, 9.17) is 0 Å². The van der Waals surface area contributed by atoms with Crippen LogP contribution in [-0.4, -0.2) is 25.9 Å². The molecule has 1 N–H and O–H groups in total. The van der Waals surface area contributed by atoms with Crippen LogP contribution in [0.5, 0.6) is 0 Å². The Labute approximate surface area is 114 Å². The van der Waals surface area contributed by atoms with Gasteiger partial charge in [0.1, 0.15) is 5.82 Å². The van der Waals surface area contributed by atoms with Crippen molar-refractivity contribution in [2.24, 2.45) is 13.0 Å². The minimum Gasteiger partial charge on any atom is -0.341 e. The van der Waals surface area contributed by atoms with Crippen molar-refractivity contribution in [3.8, 4) is 11.4 Å². The molecular formula is C13H15F3N4. The topological polar surface area (TPSA) is 46.5 Å². The van der Waals surface area contributed by atoms with Crippen LogP contribution in [0.15, 0.2) is 6.20 Å². The summed E-state index contributed by atoms with van der Waals surface area (Å²) in [6.45, 7) is 1.86. The van der Waals surface area contributed by atoms with E-state index < -0.39 is 12.1 Å². The Morgan fingerprint density at radius 2 is 2.15 bits per heavy atom. The number of aromatic amines is 1. The highest BCUT2D eigenvalue weighted by molar-refractivity contribution is 5.58. The number of hydrogen-bond acceptors (Lipinski definition) is 2. The molecule has 0 aromatic carbocycles. The van der Waals surface area contributed by atoms with Crippen molar-refractivity contribution in [3.63, 3.8) is 0 Å². The third-order valence-corrected chi connectivity index (χ3v) is 3.78. The van der Waals surface area contributed by atoms with Gasteiger partial charge in [-0.2, -0.15) is 18.3 Å². The number of imidazole rings is 1. The number of nitrogens with one attached hydrogen (secondary N) is 1. The van der Waals surface area contributed by atoms with Crippen LogP contribution < -0.4 is 0 Å². The zero-order chi connectivity index (χ0) is 14.5. The van der Waals surface area contributed by atoms with Crippen LogP contribution >= 0.6 is 0 Å². The third-order valence-electron chi connectivity index (χ3n) is 3.78. The van der Waals surface area contributed by atoms with Crippen molar-refractivity contribution < 1.29 is 13.2 Å². The number of aromatic nitrogens is 4. The molecule has 2 heterocycles. The van der Waals surface area contributed by atoms with E-state index in [2.05, 4.69) is 15.1 Å². The SMILES string of the molecule is Cc1nn(C)cc1-c1nc2c([nH]1)CC(C(F)(F)F)CC2. The molecule has 4 nitrogen and oxygen atoms in total. The first-order valence-electron chi connectivity index (χ1n) is 6.49. The molecule has 20 heavy (non-hydrogen) atoms. The summed E-state index contributed by atoms with van der Waals surface area (Å²) in [7, 11) is 1.80. The van der Waals surface area contributed by atoms with E-state index in [-0.39, 0.29) is 12.8 Å². The standard InChI is InChI=1S/C13H15F3N4/c1-7-9(6-20(2)19-7)12-17-10-4-3-8(13(14,15)16)5-11(10)18-12/h6,8H,3-5H2,1-2H3,(H,17,18). The third kappa shape index (κ3) is 2.21. The fourth-order valence-corrected chi connectivity index (χ4v) is 2.72. The molecule has 3 rings (SSSR count). The molecule has 0 amide bonds. The first kappa shape index (κ1) is 13.2. The number of nitrogens with zero attached hydrogens (tertiary/aromatic N) is 3. The zero-order valence-corrected chi connectivity index (χ0v) is 11.3. The molecule has 0 fully saturated rings. The Morgan fingerprint density at radius 1 is 1.40 bits per heavy atom. The molecule has 2 aromatic heterocycles. The van der Waals surface area contributed by atoms with Gasteiger partial charge in [0.15, 0.2) is 0 Å². The number of alkyl halides is 3. The van der Waals surface area contributed by atoms with Gasteiger partial charge in [-0.1, -0.05) is 0 Å². The summed E-state index contributed by atoms with van der Waals surface area (Å²) in [5, 5.41) is 4.22. The minimum absolute atomic E-state index is 0.00879. The van der Waals surface area contributed by atoms with Gasteiger partial charge >= 0.3 is 6.18 Å². The first-order valence-corrected chi connectivity index (χ1v) is 6.49. The summed E-state index contributed by atoms with van der Waals surface area (Å²) < 4.78 is 40.0. The molecule has 108 valence electrons. The van der Waals surface area contributed by atoms with Gasteiger partial charge in [0, 0.05) is 25.4 Å². The van der Waals surface area contributed by atoms with Crippen molar-refractivity contribution in [1.29, 1.82) is 0 Å². The lowest BCUT2D eigenvalue weighted by Crippen LogP contribution is -2.28. The van der Waals surface area contributed by atoms with Crippen LogP contribution in [0.25, 0.3) is 11.4 Å². The number of halogens is 3. The number of rotatable bonds is 1. The second-order valence-electron chi connectivity index (χ2n) is 5.29. The van der Waals surface area contributed by atoms with Crippen LogP contribution in [-0.2, 0) is 19.9 Å². The van der Waals surface area contributed by atoms with Gasteiger partial charge < -0.3 is 4.98 Å². The van der Waals surface area contributed by atoms with Crippen molar-refractivity contribution in [3.05, 3.63) is 23.3 Å². The van der Waals surface area contributed by atoms with E-state index in [0.29, 0.717) is 17.9 Å². The van der Waals surface area contributed by atoms with E-state index in [1.165, 1.54) is 0 Å². The summed E-state index contributed by atoms with van der Waals surface area (Å²) in [6.07, 6.45) is -1.83. The largest absolute Gasteiger partial charge is 0.392 e. The Balaban J connectivity index is 1.93. The molecule has 1 aliphatic carbocycles. The molecule has 0 saturated carbocycles. The zero-order valence-electron chi connectivity index (χ0n) is 11.3. The molecule has 1 atom stereocenters. The molecule has 1 unspecified atom stereocenters. The predicted octanol–water partition coefficient (Wildman–Crippen LogP) is 2.79. The molecule has 0 spiro atoms. The van der Waals surface area contributed by atoms with E-state index in [0.717, 1.165) is 17.0 Å². The van der Waals surface area contributed by atoms with Gasteiger partial charge in [0.05, 0.1) is 22.9 Å². The summed E-state index contributed by atoms with van der Waals surface area (Å²) in [5.74, 6) is -0.651. The molecule has 0 bridgehead atoms. The molecule has 0 radical (unpaired) electrons. The van der Waals surface area contributed by atoms with Crippen LogP contribution in [0.3, 0.4) is 0 Å². The highest BCUT2D eigenvalue weighted by Crippen LogP contribution is 2.37. The predicted molar refractivity (Wildman–Crippen MR) is 67.1 cm³/mol. The lowest BCUT2D eigenvalue weighted by Gasteiger charge is -2.23. The van der Waals surface area contributed by atoms with E-state index in [1.807, 2.05) is 13.1 Å². The second-order valence-corrected chi connectivity index (χ2v) is 5.29. The highest BCUT2D eigenvalue weighted by Gasteiger charge is 2.42. The lowest BCUT2D eigenvalue weighted by atomic mass is 9.89. The van der Waals surface area contributed by atoms with Gasteiger partial charge in [-0.25, -0.2) is 4.98 Å². The fraction of sp³-hybridized carbons (Fsp3) is 0.538. The van der Waals surface area contributed by atoms with Crippen LogP contribution in [0.1, 0.15) is 23.5 Å². The van der Waals surface area contributed by atoms with Gasteiger partial charge in [-0.05, 0) is 19.8 Å². The van der Waals surface area contributed by atoms with Crippen molar-refractivity contribution in [2.75, 3.05) is 0 Å². The van der Waals surface area contributed by atoms with Gasteiger partial charge in [-0.15, -0.1) is 0 Å². The quantitative estimate of drug-likeness (QED) is 0.875. The summed E-state index contributed by atoms with van der Waals surface area (Å²) >= 11 is 0. The Hall–Kier alpha value is -1.79. The first-order chi connectivity index (χ1) is 9.34. The monoisotopic (exact) mass is 284 g/mol. The maximum atomic E-state index is 12.8. The maximum Gasteiger partial charge on any atom is 0.392 e. The minimum atomic E-state index is -4.13.